The molecule has 3 N–H and O–H groups in total. The Balaban J connectivity index is 1.42. The molecule has 1 amide bonds. The summed E-state index contributed by atoms with van der Waals surface area (Å²) in [7, 11) is 0. The Bertz CT molecular complexity index is 744. The van der Waals surface area contributed by atoms with Gasteiger partial charge >= 0.3 is 0 Å². The van der Waals surface area contributed by atoms with Crippen LogP contribution in [0.4, 0.5) is 4.39 Å². The molecule has 1 aromatic carbocycles. The Morgan fingerprint density at radius 3 is 2.74 bits per heavy atom. The third-order valence-electron chi connectivity index (χ3n) is 5.47. The van der Waals surface area contributed by atoms with E-state index >= 15 is 0 Å². The van der Waals surface area contributed by atoms with Crippen LogP contribution >= 0.6 is 0 Å². The van der Waals surface area contributed by atoms with Crippen LogP contribution in [0.1, 0.15) is 36.2 Å². The molecular formula is C20H25FN4O2. The number of nitrogens with zero attached hydrogens (tertiary/aromatic N) is 1. The van der Waals surface area contributed by atoms with Gasteiger partial charge in [0.2, 0.25) is 5.91 Å². The molecule has 6 nitrogen and oxygen atoms in total. The van der Waals surface area contributed by atoms with Crippen LogP contribution in [0.3, 0.4) is 0 Å². The van der Waals surface area contributed by atoms with Gasteiger partial charge in [0.25, 0.3) is 0 Å². The molecule has 4 rings (SSSR count). The van der Waals surface area contributed by atoms with Crippen LogP contribution in [-0.2, 0) is 4.79 Å². The van der Waals surface area contributed by atoms with E-state index in [4.69, 9.17) is 4.42 Å². The number of halogens is 1. The largest absolute Gasteiger partial charge is 0.468 e. The second-order valence-corrected chi connectivity index (χ2v) is 7.18. The Kier molecular flexibility index (Phi) is 5.52. The molecule has 0 bridgehead atoms. The molecule has 3 unspecified atom stereocenters. The van der Waals surface area contributed by atoms with Crippen LogP contribution in [0.2, 0.25) is 0 Å². The van der Waals surface area contributed by atoms with Crippen molar-refractivity contribution in [1.82, 2.24) is 21.1 Å². The average molecular weight is 372 g/mol. The van der Waals surface area contributed by atoms with Crippen LogP contribution in [0.15, 0.2) is 47.1 Å². The summed E-state index contributed by atoms with van der Waals surface area (Å²) in [4.78, 5) is 15.2. The van der Waals surface area contributed by atoms with Crippen molar-refractivity contribution in [2.75, 3.05) is 26.2 Å². The van der Waals surface area contributed by atoms with Crippen LogP contribution in [0.5, 0.6) is 0 Å². The Labute approximate surface area is 158 Å². The fraction of sp³-hybridized carbons (Fsp3) is 0.450. The Hall–Kier alpha value is -2.22. The van der Waals surface area contributed by atoms with Crippen molar-refractivity contribution in [2.24, 2.45) is 5.92 Å². The minimum absolute atomic E-state index is 0.0161. The van der Waals surface area contributed by atoms with E-state index in [1.165, 1.54) is 25.0 Å². The van der Waals surface area contributed by atoms with Crippen molar-refractivity contribution in [3.63, 3.8) is 0 Å². The molecule has 2 fully saturated rings. The van der Waals surface area contributed by atoms with Gasteiger partial charge in [-0.2, -0.15) is 0 Å². The molecule has 2 saturated heterocycles. The number of likely N-dealkylation sites (tertiary alicyclic amines) is 1. The van der Waals surface area contributed by atoms with Crippen molar-refractivity contribution in [3.05, 3.63) is 59.8 Å². The summed E-state index contributed by atoms with van der Waals surface area (Å²) in [6.45, 7) is 3.08. The normalized spacial score (nSPS) is 24.2. The van der Waals surface area contributed by atoms with E-state index in [1.54, 1.807) is 18.4 Å². The second-order valence-electron chi connectivity index (χ2n) is 7.18. The van der Waals surface area contributed by atoms with Crippen molar-refractivity contribution >= 4 is 5.91 Å². The predicted octanol–water partition coefficient (Wildman–Crippen LogP) is 2.14. The van der Waals surface area contributed by atoms with Gasteiger partial charge in [-0.25, -0.2) is 9.82 Å². The number of hydrazine groups is 1. The number of rotatable bonds is 6. The summed E-state index contributed by atoms with van der Waals surface area (Å²) in [6, 6.07) is 10.0. The lowest BCUT2D eigenvalue weighted by Gasteiger charge is -2.27. The van der Waals surface area contributed by atoms with Crippen molar-refractivity contribution in [1.29, 1.82) is 0 Å². The van der Waals surface area contributed by atoms with Gasteiger partial charge in [0.15, 0.2) is 0 Å². The molecule has 27 heavy (non-hydrogen) atoms. The number of amides is 1. The van der Waals surface area contributed by atoms with Gasteiger partial charge in [-0.15, -0.1) is 0 Å². The lowest BCUT2D eigenvalue weighted by Crippen LogP contribution is -2.41. The Morgan fingerprint density at radius 1 is 1.26 bits per heavy atom. The number of benzene rings is 1. The lowest BCUT2D eigenvalue weighted by molar-refractivity contribution is -0.125. The van der Waals surface area contributed by atoms with E-state index in [0.717, 1.165) is 24.4 Å². The summed E-state index contributed by atoms with van der Waals surface area (Å²) in [5.41, 5.74) is 7.08. The number of carbonyl (C=O) groups is 1. The number of furan rings is 1. The summed E-state index contributed by atoms with van der Waals surface area (Å²) in [5, 5.41) is 3.11. The Morgan fingerprint density at radius 2 is 2.04 bits per heavy atom. The fourth-order valence-electron chi connectivity index (χ4n) is 4.00. The van der Waals surface area contributed by atoms with Crippen LogP contribution in [0.25, 0.3) is 0 Å². The quantitative estimate of drug-likeness (QED) is 0.725. The van der Waals surface area contributed by atoms with E-state index in [1.807, 2.05) is 12.1 Å². The molecule has 2 aliphatic heterocycles. The summed E-state index contributed by atoms with van der Waals surface area (Å²) >= 11 is 0. The van der Waals surface area contributed by atoms with E-state index in [2.05, 4.69) is 21.1 Å². The second kappa shape index (κ2) is 8.21. The zero-order valence-electron chi connectivity index (χ0n) is 15.2. The summed E-state index contributed by atoms with van der Waals surface area (Å²) in [6.07, 6.45) is 4.03. The smallest absolute Gasteiger partial charge is 0.226 e. The minimum Gasteiger partial charge on any atom is -0.468 e. The highest BCUT2D eigenvalue weighted by molar-refractivity contribution is 5.80. The first-order valence-electron chi connectivity index (χ1n) is 9.51. The first-order chi connectivity index (χ1) is 13.2. The molecule has 0 aliphatic carbocycles. The summed E-state index contributed by atoms with van der Waals surface area (Å²) < 4.78 is 18.8. The van der Waals surface area contributed by atoms with E-state index in [0.29, 0.717) is 13.1 Å². The van der Waals surface area contributed by atoms with Crippen LogP contribution in [-0.4, -0.2) is 37.0 Å². The molecule has 1 aromatic heterocycles. The number of hydrogen-bond donors (Lipinski definition) is 3. The van der Waals surface area contributed by atoms with Crippen molar-refractivity contribution in [2.45, 2.75) is 24.9 Å². The van der Waals surface area contributed by atoms with Gasteiger partial charge in [0.05, 0.1) is 24.3 Å². The number of nitrogens with one attached hydrogen (secondary N) is 3. The van der Waals surface area contributed by atoms with Gasteiger partial charge in [0, 0.05) is 13.1 Å². The zero-order chi connectivity index (χ0) is 18.6. The predicted molar refractivity (Wildman–Crippen MR) is 99.0 cm³/mol. The maximum absolute atomic E-state index is 13.2. The standard InChI is InChI=1S/C20H25FN4O2/c21-15-7-5-14(6-8-15)19-16(12-23-24-19)20(26)22-13-17(18-4-3-11-27-18)25-9-1-2-10-25/h3-8,11,16-17,19,23-24H,1-2,9-10,12-13H2,(H,22,26). The van der Waals surface area contributed by atoms with Gasteiger partial charge in [-0.1, -0.05) is 12.1 Å². The number of hydrogen-bond acceptors (Lipinski definition) is 5. The molecule has 144 valence electrons. The van der Waals surface area contributed by atoms with Gasteiger partial charge in [0.1, 0.15) is 11.6 Å². The fourth-order valence-corrected chi connectivity index (χ4v) is 4.00. The average Bonchev–Trinajstić information content (AvgIpc) is 3.44. The zero-order valence-corrected chi connectivity index (χ0v) is 15.2. The number of carbonyl (C=O) groups excluding carboxylic acids is 1. The SMILES string of the molecule is O=C(NCC(c1ccco1)N1CCCC1)C1CNNC1c1ccc(F)cc1. The summed E-state index contributed by atoms with van der Waals surface area (Å²) in [5.74, 6) is 0.330. The molecule has 0 spiro atoms. The molecule has 2 aromatic rings. The first-order valence-corrected chi connectivity index (χ1v) is 9.51. The lowest BCUT2D eigenvalue weighted by atomic mass is 9.94. The van der Waals surface area contributed by atoms with E-state index < -0.39 is 0 Å². The highest BCUT2D eigenvalue weighted by atomic mass is 19.1. The monoisotopic (exact) mass is 372 g/mol. The minimum atomic E-state index is -0.280. The maximum atomic E-state index is 13.2. The van der Waals surface area contributed by atoms with E-state index in [9.17, 15) is 9.18 Å². The molecule has 3 atom stereocenters. The highest BCUT2D eigenvalue weighted by Crippen LogP contribution is 2.27. The topological polar surface area (TPSA) is 69.5 Å². The molecule has 2 aliphatic rings. The van der Waals surface area contributed by atoms with E-state index in [-0.39, 0.29) is 29.7 Å². The molecule has 3 heterocycles. The van der Waals surface area contributed by atoms with Gasteiger partial charge < -0.3 is 9.73 Å². The van der Waals surface area contributed by atoms with Crippen LogP contribution < -0.4 is 16.2 Å². The highest BCUT2D eigenvalue weighted by Gasteiger charge is 2.35. The third-order valence-corrected chi connectivity index (χ3v) is 5.47. The first kappa shape index (κ1) is 18.2. The van der Waals surface area contributed by atoms with Gasteiger partial charge in [-0.3, -0.25) is 15.1 Å². The van der Waals surface area contributed by atoms with Gasteiger partial charge in [-0.05, 0) is 55.8 Å². The maximum Gasteiger partial charge on any atom is 0.226 e. The van der Waals surface area contributed by atoms with Crippen LogP contribution in [0, 0.1) is 11.7 Å². The molecule has 7 heteroatoms. The molecule has 0 saturated carbocycles. The van der Waals surface area contributed by atoms with Crippen molar-refractivity contribution < 1.29 is 13.6 Å². The molecular weight excluding hydrogens is 347 g/mol. The van der Waals surface area contributed by atoms with Crippen molar-refractivity contribution in [3.8, 4) is 0 Å². The third kappa shape index (κ3) is 4.05. The molecule has 0 radical (unpaired) electrons.